The van der Waals surface area contributed by atoms with Gasteiger partial charge in [-0.3, -0.25) is 0 Å². The Morgan fingerprint density at radius 2 is 2.00 bits per heavy atom. The molecule has 0 amide bonds. The summed E-state index contributed by atoms with van der Waals surface area (Å²) in [6, 6.07) is 4.99. The summed E-state index contributed by atoms with van der Waals surface area (Å²) >= 11 is 5.71. The molecule has 0 bridgehead atoms. The lowest BCUT2D eigenvalue weighted by Crippen LogP contribution is -2.28. The van der Waals surface area contributed by atoms with Gasteiger partial charge in [-0.25, -0.2) is 0 Å². The Balaban J connectivity index is 3.14. The number of hydrogen-bond donors (Lipinski definition) is 2. The number of benzene rings is 1. The maximum Gasteiger partial charge on any atom is 0.134 e. The van der Waals surface area contributed by atoms with E-state index in [9.17, 15) is 0 Å². The highest BCUT2D eigenvalue weighted by molar-refractivity contribution is 6.32. The summed E-state index contributed by atoms with van der Waals surface area (Å²) in [6.45, 7) is 3.77. The summed E-state index contributed by atoms with van der Waals surface area (Å²) in [5.41, 5.74) is 6.32. The number of nitrogens with two attached hydrogens (primary N) is 1. The maximum atomic E-state index is 9.14. The minimum atomic E-state index is -0.419. The molecule has 0 aliphatic heterocycles. The average Bonchev–Trinajstić information content (AvgIpc) is 1.92. The third-order valence-corrected chi connectivity index (χ3v) is 1.99. The zero-order valence-corrected chi connectivity index (χ0v) is 7.89. The molecule has 0 fully saturated rings. The van der Waals surface area contributed by atoms with E-state index >= 15 is 0 Å². The van der Waals surface area contributed by atoms with Crippen molar-refractivity contribution in [1.29, 1.82) is 0 Å². The van der Waals surface area contributed by atoms with Crippen LogP contribution in [0.4, 0.5) is 0 Å². The first-order chi connectivity index (χ1) is 5.41. The normalized spacial score (nSPS) is 11.7. The zero-order chi connectivity index (χ0) is 9.35. The van der Waals surface area contributed by atoms with E-state index in [1.807, 2.05) is 13.8 Å². The van der Waals surface area contributed by atoms with Gasteiger partial charge in [0.25, 0.3) is 0 Å². The number of rotatable bonds is 1. The van der Waals surface area contributed by atoms with Crippen LogP contribution < -0.4 is 5.73 Å². The Labute approximate surface area is 77.0 Å². The van der Waals surface area contributed by atoms with Crippen LogP contribution in [0.1, 0.15) is 19.4 Å². The van der Waals surface area contributed by atoms with Crippen molar-refractivity contribution in [3.8, 4) is 5.75 Å². The molecule has 66 valence electrons. The van der Waals surface area contributed by atoms with E-state index in [4.69, 9.17) is 22.4 Å². The topological polar surface area (TPSA) is 46.2 Å². The van der Waals surface area contributed by atoms with Gasteiger partial charge >= 0.3 is 0 Å². The Morgan fingerprint density at radius 3 is 2.42 bits per heavy atom. The monoisotopic (exact) mass is 185 g/mol. The average molecular weight is 186 g/mol. The molecule has 0 heterocycles. The molecule has 12 heavy (non-hydrogen) atoms. The Hall–Kier alpha value is -0.730. The summed E-state index contributed by atoms with van der Waals surface area (Å²) in [7, 11) is 0. The minimum absolute atomic E-state index is 0.0877. The molecule has 2 nitrogen and oxygen atoms in total. The van der Waals surface area contributed by atoms with Crippen molar-refractivity contribution in [2.75, 3.05) is 0 Å². The fourth-order valence-electron chi connectivity index (χ4n) is 0.908. The highest BCUT2D eigenvalue weighted by atomic mass is 35.5. The molecule has 1 aromatic rings. The maximum absolute atomic E-state index is 9.14. The summed E-state index contributed by atoms with van der Waals surface area (Å²) in [6.07, 6.45) is 0. The first-order valence-electron chi connectivity index (χ1n) is 3.69. The van der Waals surface area contributed by atoms with Gasteiger partial charge < -0.3 is 10.8 Å². The van der Waals surface area contributed by atoms with Crippen LogP contribution in [0, 0.1) is 0 Å². The van der Waals surface area contributed by atoms with Gasteiger partial charge in [-0.1, -0.05) is 17.7 Å². The van der Waals surface area contributed by atoms with Gasteiger partial charge in [-0.05, 0) is 31.5 Å². The molecule has 0 saturated heterocycles. The van der Waals surface area contributed by atoms with Gasteiger partial charge in [0, 0.05) is 5.54 Å². The van der Waals surface area contributed by atoms with Gasteiger partial charge in [0.05, 0.1) is 5.02 Å². The number of phenolic OH excluding ortho intramolecular Hbond substituents is 1. The standard InChI is InChI=1S/C9H12ClNO/c1-9(2,11)6-3-4-8(12)7(10)5-6/h3-5,12H,11H2,1-2H3. The second-order valence-electron chi connectivity index (χ2n) is 3.39. The fourth-order valence-corrected chi connectivity index (χ4v) is 1.09. The number of halogens is 1. The molecule has 3 N–H and O–H groups in total. The van der Waals surface area contributed by atoms with E-state index < -0.39 is 5.54 Å². The third kappa shape index (κ3) is 1.90. The molecule has 0 unspecified atom stereocenters. The molecule has 0 spiro atoms. The van der Waals surface area contributed by atoms with Crippen LogP contribution in [0.25, 0.3) is 0 Å². The zero-order valence-electron chi connectivity index (χ0n) is 7.13. The largest absolute Gasteiger partial charge is 0.506 e. The predicted molar refractivity (Wildman–Crippen MR) is 50.3 cm³/mol. The van der Waals surface area contributed by atoms with E-state index in [0.29, 0.717) is 5.02 Å². The van der Waals surface area contributed by atoms with Gasteiger partial charge in [0.15, 0.2) is 0 Å². The first-order valence-corrected chi connectivity index (χ1v) is 4.07. The van der Waals surface area contributed by atoms with Crippen molar-refractivity contribution in [2.45, 2.75) is 19.4 Å². The molecule has 3 heteroatoms. The molecule has 1 rings (SSSR count). The van der Waals surface area contributed by atoms with Crippen LogP contribution in [-0.2, 0) is 5.54 Å². The summed E-state index contributed by atoms with van der Waals surface area (Å²) in [5.74, 6) is 0.0877. The lowest BCUT2D eigenvalue weighted by atomic mass is 9.96. The predicted octanol–water partition coefficient (Wildman–Crippen LogP) is 2.24. The van der Waals surface area contributed by atoms with Crippen LogP contribution in [0.3, 0.4) is 0 Å². The smallest absolute Gasteiger partial charge is 0.134 e. The molecule has 1 aromatic carbocycles. The minimum Gasteiger partial charge on any atom is -0.506 e. The van der Waals surface area contributed by atoms with Crippen LogP contribution >= 0.6 is 11.6 Å². The van der Waals surface area contributed by atoms with Crippen molar-refractivity contribution in [3.63, 3.8) is 0 Å². The van der Waals surface area contributed by atoms with E-state index in [1.165, 1.54) is 0 Å². The van der Waals surface area contributed by atoms with Crippen molar-refractivity contribution < 1.29 is 5.11 Å². The highest BCUT2D eigenvalue weighted by Gasteiger charge is 2.14. The Kier molecular flexibility index (Phi) is 2.31. The van der Waals surface area contributed by atoms with Gasteiger partial charge in [-0.15, -0.1) is 0 Å². The van der Waals surface area contributed by atoms with E-state index in [0.717, 1.165) is 5.56 Å². The molecular formula is C9H12ClNO. The summed E-state index contributed by atoms with van der Waals surface area (Å²) in [4.78, 5) is 0. The number of hydrogen-bond acceptors (Lipinski definition) is 2. The highest BCUT2D eigenvalue weighted by Crippen LogP contribution is 2.27. The molecule has 0 aliphatic carbocycles. The lowest BCUT2D eigenvalue weighted by molar-refractivity contribution is 0.474. The first kappa shape index (κ1) is 9.36. The summed E-state index contributed by atoms with van der Waals surface area (Å²) < 4.78 is 0. The molecule has 0 aromatic heterocycles. The van der Waals surface area contributed by atoms with Crippen LogP contribution in [0.5, 0.6) is 5.75 Å². The quantitative estimate of drug-likeness (QED) is 0.705. The Morgan fingerprint density at radius 1 is 1.42 bits per heavy atom. The van der Waals surface area contributed by atoms with Gasteiger partial charge in [0.1, 0.15) is 5.75 Å². The van der Waals surface area contributed by atoms with Gasteiger partial charge in [-0.2, -0.15) is 0 Å². The molecule has 0 saturated carbocycles. The lowest BCUT2D eigenvalue weighted by Gasteiger charge is -2.19. The van der Waals surface area contributed by atoms with Crippen LogP contribution in [-0.4, -0.2) is 5.11 Å². The number of aromatic hydroxyl groups is 1. The second-order valence-corrected chi connectivity index (χ2v) is 3.80. The van der Waals surface area contributed by atoms with E-state index in [1.54, 1.807) is 18.2 Å². The molecule has 0 aliphatic rings. The third-order valence-electron chi connectivity index (χ3n) is 1.69. The van der Waals surface area contributed by atoms with Crippen molar-refractivity contribution in [2.24, 2.45) is 5.73 Å². The van der Waals surface area contributed by atoms with Gasteiger partial charge in [0.2, 0.25) is 0 Å². The van der Waals surface area contributed by atoms with E-state index in [2.05, 4.69) is 0 Å². The van der Waals surface area contributed by atoms with Crippen molar-refractivity contribution in [3.05, 3.63) is 28.8 Å². The summed E-state index contributed by atoms with van der Waals surface area (Å²) in [5, 5.41) is 9.48. The SMILES string of the molecule is CC(C)(N)c1ccc(O)c(Cl)c1. The fraction of sp³-hybridized carbons (Fsp3) is 0.333. The molecule has 0 atom stereocenters. The second kappa shape index (κ2) is 2.96. The van der Waals surface area contributed by atoms with E-state index in [-0.39, 0.29) is 5.75 Å². The molecule has 0 radical (unpaired) electrons. The number of phenols is 1. The Bertz CT molecular complexity index is 291. The van der Waals surface area contributed by atoms with Crippen LogP contribution in [0.15, 0.2) is 18.2 Å². The molecular weight excluding hydrogens is 174 g/mol. The van der Waals surface area contributed by atoms with Crippen molar-refractivity contribution in [1.82, 2.24) is 0 Å². The van der Waals surface area contributed by atoms with Crippen molar-refractivity contribution >= 4 is 11.6 Å². The van der Waals surface area contributed by atoms with Crippen LogP contribution in [0.2, 0.25) is 5.02 Å².